The highest BCUT2D eigenvalue weighted by atomic mass is 16.5. The Hall–Kier alpha value is -0.680. The predicted molar refractivity (Wildman–Crippen MR) is 135 cm³/mol. The molecule has 0 aromatic heterocycles. The van der Waals surface area contributed by atoms with Gasteiger partial charge < -0.3 is 14.9 Å². The van der Waals surface area contributed by atoms with Crippen molar-refractivity contribution in [1.29, 1.82) is 0 Å². The predicted octanol–water partition coefficient (Wildman–Crippen LogP) is 5.49. The maximum Gasteiger partial charge on any atom is 0.0777 e. The third-order valence-electron chi connectivity index (χ3n) is 10.0. The van der Waals surface area contributed by atoms with Crippen LogP contribution in [0.25, 0.3) is 0 Å². The number of allylic oxidation sites excluding steroid dienone is 3. The van der Waals surface area contributed by atoms with Crippen LogP contribution in [-0.4, -0.2) is 59.2 Å². The van der Waals surface area contributed by atoms with Gasteiger partial charge in [-0.25, -0.2) is 0 Å². The largest absolute Gasteiger partial charge is 0.393 e. The number of likely N-dealkylation sites (tertiary alicyclic amines) is 1. The Labute approximate surface area is 202 Å². The van der Waals surface area contributed by atoms with E-state index in [-0.39, 0.29) is 17.8 Å². The van der Waals surface area contributed by atoms with E-state index < -0.39 is 0 Å². The molecule has 0 spiro atoms. The number of nitrogens with zero attached hydrogens (tertiary/aromatic N) is 1. The van der Waals surface area contributed by atoms with Gasteiger partial charge in [-0.1, -0.05) is 37.1 Å². The molecule has 1 aliphatic heterocycles. The summed E-state index contributed by atoms with van der Waals surface area (Å²) in [5.41, 5.74) is 3.16. The number of aliphatic hydroxyl groups is 2. The molecule has 1 unspecified atom stereocenters. The molecule has 33 heavy (non-hydrogen) atoms. The summed E-state index contributed by atoms with van der Waals surface area (Å²) in [6.45, 7) is 12.0. The normalized spacial score (nSPS) is 40.3. The summed E-state index contributed by atoms with van der Waals surface area (Å²) in [7, 11) is 1.86. The highest BCUT2D eigenvalue weighted by molar-refractivity contribution is 5.26. The lowest BCUT2D eigenvalue weighted by Crippen LogP contribution is -2.49. The zero-order chi connectivity index (χ0) is 23.8. The molecule has 2 N–H and O–H groups in total. The van der Waals surface area contributed by atoms with E-state index in [0.29, 0.717) is 29.7 Å². The maximum absolute atomic E-state index is 10.0. The number of hydrogen-bond donors (Lipinski definition) is 2. The number of rotatable bonds is 6. The molecule has 4 fully saturated rings. The molecule has 1 heterocycles. The van der Waals surface area contributed by atoms with E-state index in [2.05, 4.69) is 44.7 Å². The third kappa shape index (κ3) is 5.29. The molecule has 0 amide bonds. The Kier molecular flexibility index (Phi) is 7.80. The molecule has 0 aromatic rings. The first-order valence-electron chi connectivity index (χ1n) is 13.7. The van der Waals surface area contributed by atoms with Crippen LogP contribution >= 0.6 is 0 Å². The van der Waals surface area contributed by atoms with E-state index in [1.54, 1.807) is 5.57 Å². The monoisotopic (exact) mass is 459 g/mol. The van der Waals surface area contributed by atoms with Crippen LogP contribution in [0.1, 0.15) is 91.9 Å². The average Bonchev–Trinajstić information content (AvgIpc) is 3.36. The summed E-state index contributed by atoms with van der Waals surface area (Å²) in [4.78, 5) is 2.73. The minimum absolute atomic E-state index is 0.0765. The zero-order valence-corrected chi connectivity index (χ0v) is 21.9. The van der Waals surface area contributed by atoms with Crippen molar-refractivity contribution in [1.82, 2.24) is 4.90 Å². The first kappa shape index (κ1) is 25.4. The molecule has 3 aliphatic carbocycles. The molecule has 0 bridgehead atoms. The van der Waals surface area contributed by atoms with Crippen LogP contribution < -0.4 is 0 Å². The lowest BCUT2D eigenvalue weighted by Gasteiger charge is -2.46. The second-order valence-corrected chi connectivity index (χ2v) is 12.6. The number of hydrogen-bond acceptors (Lipinski definition) is 4. The smallest absolute Gasteiger partial charge is 0.0777 e. The molecule has 4 rings (SSSR count). The lowest BCUT2D eigenvalue weighted by atomic mass is 9.61. The third-order valence-corrected chi connectivity index (χ3v) is 10.0. The van der Waals surface area contributed by atoms with Gasteiger partial charge in [-0.2, -0.15) is 0 Å². The number of fused-ring (bicyclic) bond motifs is 1. The van der Waals surface area contributed by atoms with Crippen LogP contribution in [0.5, 0.6) is 0 Å². The van der Waals surface area contributed by atoms with Crippen molar-refractivity contribution in [2.24, 2.45) is 23.2 Å². The summed E-state index contributed by atoms with van der Waals surface area (Å²) >= 11 is 0. The van der Waals surface area contributed by atoms with Crippen molar-refractivity contribution in [2.45, 2.75) is 116 Å². The first-order valence-corrected chi connectivity index (χ1v) is 13.7. The summed E-state index contributed by atoms with van der Waals surface area (Å²) in [5, 5.41) is 20.1. The molecule has 1 saturated heterocycles. The van der Waals surface area contributed by atoms with Crippen LogP contribution in [0.15, 0.2) is 23.3 Å². The van der Waals surface area contributed by atoms with E-state index in [1.165, 1.54) is 63.6 Å². The van der Waals surface area contributed by atoms with Gasteiger partial charge in [0.15, 0.2) is 0 Å². The first-order chi connectivity index (χ1) is 15.6. The summed E-state index contributed by atoms with van der Waals surface area (Å²) in [5.74, 6) is 2.18. The maximum atomic E-state index is 10.0. The van der Waals surface area contributed by atoms with Gasteiger partial charge in [0.05, 0.1) is 17.8 Å². The van der Waals surface area contributed by atoms with E-state index in [4.69, 9.17) is 4.74 Å². The van der Waals surface area contributed by atoms with Crippen molar-refractivity contribution >= 4 is 0 Å². The second-order valence-electron chi connectivity index (χ2n) is 12.6. The van der Waals surface area contributed by atoms with Gasteiger partial charge >= 0.3 is 0 Å². The summed E-state index contributed by atoms with van der Waals surface area (Å²) in [6.07, 6.45) is 14.9. The molecule has 0 aromatic carbocycles. The Morgan fingerprint density at radius 2 is 1.85 bits per heavy atom. The van der Waals surface area contributed by atoms with Crippen LogP contribution in [0.2, 0.25) is 0 Å². The zero-order valence-electron chi connectivity index (χ0n) is 21.9. The fourth-order valence-corrected chi connectivity index (χ4v) is 8.21. The molecule has 4 heteroatoms. The van der Waals surface area contributed by atoms with Crippen LogP contribution in [0, 0.1) is 23.2 Å². The summed E-state index contributed by atoms with van der Waals surface area (Å²) in [6, 6.07) is 0.532. The molecular formula is C29H49NO3. The highest BCUT2D eigenvalue weighted by Gasteiger charge is 2.51. The van der Waals surface area contributed by atoms with E-state index in [0.717, 1.165) is 18.8 Å². The fourth-order valence-electron chi connectivity index (χ4n) is 8.21. The average molecular weight is 460 g/mol. The van der Waals surface area contributed by atoms with Crippen LogP contribution in [-0.2, 0) is 4.74 Å². The lowest BCUT2D eigenvalue weighted by molar-refractivity contribution is -0.0469. The van der Waals surface area contributed by atoms with Crippen molar-refractivity contribution in [3.05, 3.63) is 23.3 Å². The number of aliphatic hydroxyl groups excluding tert-OH is 2. The molecule has 4 nitrogen and oxygen atoms in total. The molecule has 0 radical (unpaired) electrons. The molecule has 188 valence electrons. The van der Waals surface area contributed by atoms with Crippen molar-refractivity contribution in [3.63, 3.8) is 0 Å². The highest BCUT2D eigenvalue weighted by Crippen LogP contribution is 2.59. The quantitative estimate of drug-likeness (QED) is 0.552. The minimum atomic E-state index is -0.385. The second kappa shape index (κ2) is 10.1. The number of ether oxygens (including phenoxy) is 1. The minimum Gasteiger partial charge on any atom is -0.393 e. The van der Waals surface area contributed by atoms with Gasteiger partial charge in [-0.3, -0.25) is 4.90 Å². The van der Waals surface area contributed by atoms with Crippen molar-refractivity contribution in [2.75, 3.05) is 20.2 Å². The van der Waals surface area contributed by atoms with Gasteiger partial charge in [-0.15, -0.1) is 0 Å². The van der Waals surface area contributed by atoms with Crippen LogP contribution in [0.4, 0.5) is 0 Å². The van der Waals surface area contributed by atoms with Gasteiger partial charge in [0.1, 0.15) is 0 Å². The van der Waals surface area contributed by atoms with E-state index in [1.807, 2.05) is 7.11 Å². The van der Waals surface area contributed by atoms with Gasteiger partial charge in [0.2, 0.25) is 0 Å². The van der Waals surface area contributed by atoms with Crippen molar-refractivity contribution < 1.29 is 14.9 Å². The molecule has 4 aliphatic rings. The SMILES string of the molecule is COC(C)(C)[C@@H]1CCCN1CC(C)[C@H]1CC[C@H]2/C(=C/C=C3C[C@@H](O)C[C@H](O)C3)CCC[C@]12C. The Morgan fingerprint density at radius 1 is 1.12 bits per heavy atom. The fraction of sp³-hybridized carbons (Fsp3) is 0.862. The summed E-state index contributed by atoms with van der Waals surface area (Å²) < 4.78 is 5.88. The van der Waals surface area contributed by atoms with Gasteiger partial charge in [0.25, 0.3) is 0 Å². The van der Waals surface area contributed by atoms with Crippen molar-refractivity contribution in [3.8, 4) is 0 Å². The standard InChI is InChI=1S/C29H49NO3/c1-20(19-30-15-7-9-27(30)28(2,3)33-5)25-12-13-26-22(8-6-14-29(25,26)4)11-10-21-16-23(31)18-24(32)17-21/h10-11,20,23-27,31-32H,6-9,12-19H2,1-5H3/b22-11+/t20?,23-,24-,25-,26+,27+,29-/m1/s1. The van der Waals surface area contributed by atoms with Crippen LogP contribution in [0.3, 0.4) is 0 Å². The topological polar surface area (TPSA) is 52.9 Å². The Balaban J connectivity index is 1.45. The Bertz CT molecular complexity index is 731. The van der Waals surface area contributed by atoms with Gasteiger partial charge in [-0.05, 0) is 108 Å². The van der Waals surface area contributed by atoms with E-state index in [9.17, 15) is 10.2 Å². The Morgan fingerprint density at radius 3 is 2.55 bits per heavy atom. The van der Waals surface area contributed by atoms with Gasteiger partial charge in [0, 0.05) is 19.7 Å². The molecule has 7 atom stereocenters. The molecular weight excluding hydrogens is 410 g/mol. The molecule has 3 saturated carbocycles. The van der Waals surface area contributed by atoms with E-state index >= 15 is 0 Å². The number of methoxy groups -OCH3 is 1.